The fraction of sp³-hybridized carbons (Fsp3) is 0.357. The lowest BCUT2D eigenvalue weighted by molar-refractivity contribution is 0.0719. The number of pyridine rings is 1. The molecule has 1 aromatic heterocycles. The number of rotatable bonds is 5. The first-order chi connectivity index (χ1) is 9.40. The standard InChI is InChI=1S/C14H18N2O3S/c1-10(2)9-19-16-20(17,18)13-6-4-5-12-7-11(3)8-15-14(12)13/h4-8,10,16H,9H2,1-3H3. The van der Waals surface area contributed by atoms with E-state index in [4.69, 9.17) is 4.84 Å². The van der Waals surface area contributed by atoms with Crippen LogP contribution in [0.25, 0.3) is 10.9 Å². The molecule has 0 aliphatic carbocycles. The Hall–Kier alpha value is -1.50. The molecule has 20 heavy (non-hydrogen) atoms. The van der Waals surface area contributed by atoms with E-state index >= 15 is 0 Å². The van der Waals surface area contributed by atoms with Gasteiger partial charge < -0.3 is 0 Å². The fourth-order valence-corrected chi connectivity index (χ4v) is 2.78. The third-order valence-electron chi connectivity index (χ3n) is 2.69. The smallest absolute Gasteiger partial charge is 0.264 e. The molecule has 1 N–H and O–H groups in total. The minimum Gasteiger partial charge on any atom is -0.287 e. The number of para-hydroxylation sites is 1. The molecule has 6 heteroatoms. The van der Waals surface area contributed by atoms with E-state index in [-0.39, 0.29) is 10.8 Å². The molecule has 0 spiro atoms. The first kappa shape index (κ1) is 14.9. The van der Waals surface area contributed by atoms with Crippen LogP contribution in [0.4, 0.5) is 0 Å². The average molecular weight is 294 g/mol. The number of hydrogen-bond acceptors (Lipinski definition) is 4. The van der Waals surface area contributed by atoms with Gasteiger partial charge in [-0.2, -0.15) is 0 Å². The lowest BCUT2D eigenvalue weighted by Crippen LogP contribution is -2.26. The van der Waals surface area contributed by atoms with Gasteiger partial charge in [0.25, 0.3) is 10.0 Å². The Kier molecular flexibility index (Phi) is 4.37. The molecule has 0 atom stereocenters. The van der Waals surface area contributed by atoms with Gasteiger partial charge in [-0.05, 0) is 30.5 Å². The first-order valence-corrected chi connectivity index (χ1v) is 7.87. The summed E-state index contributed by atoms with van der Waals surface area (Å²) in [6, 6.07) is 6.95. The van der Waals surface area contributed by atoms with Crippen molar-refractivity contribution in [2.75, 3.05) is 6.61 Å². The highest BCUT2D eigenvalue weighted by Gasteiger charge is 2.18. The van der Waals surface area contributed by atoms with Gasteiger partial charge in [-0.25, -0.2) is 8.42 Å². The van der Waals surface area contributed by atoms with Crippen LogP contribution >= 0.6 is 0 Å². The first-order valence-electron chi connectivity index (χ1n) is 6.39. The molecule has 0 radical (unpaired) electrons. The Labute approximate surface area is 119 Å². The Morgan fingerprint density at radius 3 is 2.80 bits per heavy atom. The van der Waals surface area contributed by atoms with Crippen molar-refractivity contribution in [2.45, 2.75) is 25.7 Å². The summed E-state index contributed by atoms with van der Waals surface area (Å²) in [7, 11) is -3.73. The van der Waals surface area contributed by atoms with E-state index in [9.17, 15) is 8.42 Å². The molecule has 0 amide bonds. The van der Waals surface area contributed by atoms with E-state index in [0.29, 0.717) is 12.1 Å². The minimum absolute atomic E-state index is 0.124. The number of fused-ring (bicyclic) bond motifs is 1. The predicted molar refractivity (Wildman–Crippen MR) is 77.6 cm³/mol. The van der Waals surface area contributed by atoms with Crippen molar-refractivity contribution in [3.05, 3.63) is 36.0 Å². The second kappa shape index (κ2) is 5.87. The van der Waals surface area contributed by atoms with Gasteiger partial charge in [-0.3, -0.25) is 9.82 Å². The highest BCUT2D eigenvalue weighted by Crippen LogP contribution is 2.21. The lowest BCUT2D eigenvalue weighted by Gasteiger charge is -2.10. The Morgan fingerprint density at radius 2 is 2.10 bits per heavy atom. The van der Waals surface area contributed by atoms with Crippen LogP contribution in [-0.2, 0) is 14.9 Å². The topological polar surface area (TPSA) is 68.3 Å². The lowest BCUT2D eigenvalue weighted by atomic mass is 10.2. The van der Waals surface area contributed by atoms with E-state index in [1.165, 1.54) is 6.07 Å². The zero-order valence-corrected chi connectivity index (χ0v) is 12.6. The SMILES string of the molecule is Cc1cnc2c(S(=O)(=O)NOCC(C)C)cccc2c1. The van der Waals surface area contributed by atoms with E-state index in [2.05, 4.69) is 9.87 Å². The van der Waals surface area contributed by atoms with Crippen LogP contribution in [0.5, 0.6) is 0 Å². The molecule has 1 aromatic carbocycles. The number of aromatic nitrogens is 1. The average Bonchev–Trinajstić information content (AvgIpc) is 2.36. The normalized spacial score (nSPS) is 12.2. The molecule has 108 valence electrons. The molecule has 2 aromatic rings. The van der Waals surface area contributed by atoms with Crippen LogP contribution in [0.2, 0.25) is 0 Å². The summed E-state index contributed by atoms with van der Waals surface area (Å²) in [6.07, 6.45) is 1.65. The third-order valence-corrected chi connectivity index (χ3v) is 3.93. The third kappa shape index (κ3) is 3.33. The maximum Gasteiger partial charge on any atom is 0.264 e. The molecule has 0 unspecified atom stereocenters. The number of nitrogens with zero attached hydrogens (tertiary/aromatic N) is 1. The Balaban J connectivity index is 2.36. The van der Waals surface area contributed by atoms with Crippen LogP contribution in [0.1, 0.15) is 19.4 Å². The molecular formula is C14H18N2O3S. The van der Waals surface area contributed by atoms with Crippen molar-refractivity contribution in [3.8, 4) is 0 Å². The van der Waals surface area contributed by atoms with Crippen molar-refractivity contribution in [2.24, 2.45) is 5.92 Å². The quantitative estimate of drug-likeness (QED) is 0.860. The number of benzene rings is 1. The van der Waals surface area contributed by atoms with Gasteiger partial charge in [0.05, 0.1) is 12.1 Å². The van der Waals surface area contributed by atoms with Gasteiger partial charge in [0, 0.05) is 11.6 Å². The van der Waals surface area contributed by atoms with Crippen LogP contribution < -0.4 is 4.89 Å². The van der Waals surface area contributed by atoms with Gasteiger partial charge in [0.1, 0.15) is 4.90 Å². The molecular weight excluding hydrogens is 276 g/mol. The Bertz CT molecular complexity index is 711. The van der Waals surface area contributed by atoms with Crippen molar-refractivity contribution < 1.29 is 13.3 Å². The zero-order valence-electron chi connectivity index (χ0n) is 11.8. The van der Waals surface area contributed by atoms with E-state index < -0.39 is 10.0 Å². The number of hydrogen-bond donors (Lipinski definition) is 1. The zero-order chi connectivity index (χ0) is 14.8. The molecule has 0 saturated carbocycles. The van der Waals surface area contributed by atoms with E-state index in [0.717, 1.165) is 10.9 Å². The maximum atomic E-state index is 12.2. The summed E-state index contributed by atoms with van der Waals surface area (Å²) < 4.78 is 24.5. The molecule has 0 bridgehead atoms. The summed E-state index contributed by atoms with van der Waals surface area (Å²) in [4.78, 5) is 11.5. The maximum absolute atomic E-state index is 12.2. The number of aryl methyl sites for hydroxylation is 1. The van der Waals surface area contributed by atoms with Crippen LogP contribution in [0.15, 0.2) is 35.4 Å². The molecule has 1 heterocycles. The molecule has 0 saturated heterocycles. The van der Waals surface area contributed by atoms with Gasteiger partial charge in [-0.1, -0.05) is 30.9 Å². The largest absolute Gasteiger partial charge is 0.287 e. The van der Waals surface area contributed by atoms with Crippen LogP contribution in [0, 0.1) is 12.8 Å². The summed E-state index contributed by atoms with van der Waals surface area (Å²) in [5.41, 5.74) is 1.43. The molecule has 0 aliphatic rings. The van der Waals surface area contributed by atoms with Crippen molar-refractivity contribution in [3.63, 3.8) is 0 Å². The van der Waals surface area contributed by atoms with Gasteiger partial charge >= 0.3 is 0 Å². The summed E-state index contributed by atoms with van der Waals surface area (Å²) in [6.45, 7) is 6.11. The molecule has 0 aliphatic heterocycles. The summed E-state index contributed by atoms with van der Waals surface area (Å²) in [5, 5.41) is 0.789. The number of sulfonamides is 1. The molecule has 0 fully saturated rings. The highest BCUT2D eigenvalue weighted by molar-refractivity contribution is 7.89. The van der Waals surface area contributed by atoms with Crippen molar-refractivity contribution >= 4 is 20.9 Å². The monoisotopic (exact) mass is 294 g/mol. The number of nitrogens with one attached hydrogen (secondary N) is 1. The second-order valence-corrected chi connectivity index (χ2v) is 6.75. The Morgan fingerprint density at radius 1 is 1.35 bits per heavy atom. The van der Waals surface area contributed by atoms with Gasteiger partial charge in [0.15, 0.2) is 0 Å². The van der Waals surface area contributed by atoms with Crippen LogP contribution in [-0.4, -0.2) is 20.0 Å². The predicted octanol–water partition coefficient (Wildman–Crippen LogP) is 2.41. The molecule has 2 rings (SSSR count). The minimum atomic E-state index is -3.73. The van der Waals surface area contributed by atoms with Gasteiger partial charge in [-0.15, -0.1) is 0 Å². The van der Waals surface area contributed by atoms with E-state index in [1.54, 1.807) is 12.3 Å². The summed E-state index contributed by atoms with van der Waals surface area (Å²) >= 11 is 0. The fourth-order valence-electron chi connectivity index (χ4n) is 1.78. The van der Waals surface area contributed by atoms with Crippen molar-refractivity contribution in [1.82, 2.24) is 9.87 Å². The highest BCUT2D eigenvalue weighted by atomic mass is 32.2. The van der Waals surface area contributed by atoms with Crippen LogP contribution in [0.3, 0.4) is 0 Å². The van der Waals surface area contributed by atoms with Gasteiger partial charge in [0.2, 0.25) is 0 Å². The van der Waals surface area contributed by atoms with Crippen molar-refractivity contribution in [1.29, 1.82) is 0 Å². The summed E-state index contributed by atoms with van der Waals surface area (Å²) in [5.74, 6) is 0.242. The van der Waals surface area contributed by atoms with E-state index in [1.807, 2.05) is 32.9 Å². The second-order valence-electron chi connectivity index (χ2n) is 5.13. The molecule has 5 nitrogen and oxygen atoms in total.